The van der Waals surface area contributed by atoms with E-state index in [9.17, 15) is 9.90 Å². The van der Waals surface area contributed by atoms with Crippen molar-refractivity contribution in [3.63, 3.8) is 0 Å². The Hall–Kier alpha value is -2.77. The van der Waals surface area contributed by atoms with Gasteiger partial charge in [-0.05, 0) is 36.0 Å². The smallest absolute Gasteiger partial charge is 0.245 e. The van der Waals surface area contributed by atoms with Crippen LogP contribution in [0.2, 0.25) is 0 Å². The van der Waals surface area contributed by atoms with Crippen molar-refractivity contribution < 1.29 is 9.90 Å². The number of anilines is 1. The van der Waals surface area contributed by atoms with Crippen molar-refractivity contribution >= 4 is 35.1 Å². The summed E-state index contributed by atoms with van der Waals surface area (Å²) < 4.78 is 0. The molecule has 4 N–H and O–H groups in total. The Morgan fingerprint density at radius 3 is 2.58 bits per heavy atom. The SMILES string of the molecule is O=C(/C=C/c1ccccc1)NC(CO)NC(=S)Nc1ccccn1. The maximum Gasteiger partial charge on any atom is 0.245 e. The van der Waals surface area contributed by atoms with Crippen molar-refractivity contribution in [3.05, 3.63) is 66.4 Å². The molecule has 0 aliphatic carbocycles. The molecule has 0 saturated heterocycles. The number of hydrogen-bond acceptors (Lipinski definition) is 4. The van der Waals surface area contributed by atoms with Crippen LogP contribution < -0.4 is 16.0 Å². The molecule has 6 nitrogen and oxygen atoms in total. The summed E-state index contributed by atoms with van der Waals surface area (Å²) in [6, 6.07) is 14.8. The lowest BCUT2D eigenvalue weighted by Crippen LogP contribution is -2.51. The van der Waals surface area contributed by atoms with Crippen LogP contribution in [0.5, 0.6) is 0 Å². The molecule has 24 heavy (non-hydrogen) atoms. The standard InChI is InChI=1S/C17H18N4O2S/c22-12-15(21-17(24)20-14-8-4-5-11-18-14)19-16(23)10-9-13-6-2-1-3-7-13/h1-11,15,22H,12H2,(H,19,23)(H2,18,20,21,24)/b10-9+. The van der Waals surface area contributed by atoms with E-state index in [-0.39, 0.29) is 17.6 Å². The number of benzene rings is 1. The zero-order valence-corrected chi connectivity index (χ0v) is 13.7. The number of nitrogens with one attached hydrogen (secondary N) is 3. The summed E-state index contributed by atoms with van der Waals surface area (Å²) in [6.45, 7) is -0.311. The lowest BCUT2D eigenvalue weighted by Gasteiger charge is -2.19. The molecule has 1 amide bonds. The van der Waals surface area contributed by atoms with Gasteiger partial charge in [0.25, 0.3) is 0 Å². The Kier molecular flexibility index (Phi) is 6.88. The molecule has 2 aromatic rings. The van der Waals surface area contributed by atoms with Crippen LogP contribution >= 0.6 is 12.2 Å². The van der Waals surface area contributed by atoms with Crippen molar-refractivity contribution in [1.29, 1.82) is 0 Å². The van der Waals surface area contributed by atoms with Crippen LogP contribution in [0.25, 0.3) is 6.08 Å². The highest BCUT2D eigenvalue weighted by Crippen LogP contribution is 2.01. The third-order valence-corrected chi connectivity index (χ3v) is 3.16. The van der Waals surface area contributed by atoms with E-state index >= 15 is 0 Å². The van der Waals surface area contributed by atoms with Crippen molar-refractivity contribution in [2.75, 3.05) is 11.9 Å². The van der Waals surface area contributed by atoms with Gasteiger partial charge in [-0.1, -0.05) is 36.4 Å². The third kappa shape index (κ3) is 6.15. The van der Waals surface area contributed by atoms with E-state index in [4.69, 9.17) is 12.2 Å². The van der Waals surface area contributed by atoms with Gasteiger partial charge in [0, 0.05) is 12.3 Å². The van der Waals surface area contributed by atoms with Crippen LogP contribution in [0.1, 0.15) is 5.56 Å². The fourth-order valence-electron chi connectivity index (χ4n) is 1.83. The summed E-state index contributed by atoms with van der Waals surface area (Å²) in [5, 5.41) is 17.9. The highest BCUT2D eigenvalue weighted by atomic mass is 32.1. The maximum absolute atomic E-state index is 11.9. The third-order valence-electron chi connectivity index (χ3n) is 2.94. The second-order valence-corrected chi connectivity index (χ2v) is 5.21. The number of aliphatic hydroxyl groups is 1. The van der Waals surface area contributed by atoms with Crippen LogP contribution in [0.3, 0.4) is 0 Å². The summed E-state index contributed by atoms with van der Waals surface area (Å²) in [6.07, 6.45) is 4.01. The van der Waals surface area contributed by atoms with Crippen LogP contribution in [0.4, 0.5) is 5.82 Å². The van der Waals surface area contributed by atoms with Crippen LogP contribution in [0.15, 0.2) is 60.8 Å². The molecule has 124 valence electrons. The molecule has 0 aliphatic rings. The fraction of sp³-hybridized carbons (Fsp3) is 0.118. The second kappa shape index (κ2) is 9.39. The lowest BCUT2D eigenvalue weighted by atomic mass is 10.2. The normalized spacial score (nSPS) is 11.7. The number of amides is 1. The number of aromatic nitrogens is 1. The second-order valence-electron chi connectivity index (χ2n) is 4.80. The van der Waals surface area contributed by atoms with Crippen molar-refractivity contribution in [1.82, 2.24) is 15.6 Å². The predicted molar refractivity (Wildman–Crippen MR) is 98.1 cm³/mol. The number of nitrogens with zero attached hydrogens (tertiary/aromatic N) is 1. The van der Waals surface area contributed by atoms with Gasteiger partial charge in [-0.15, -0.1) is 0 Å². The Bertz CT molecular complexity index is 692. The molecule has 1 unspecified atom stereocenters. The number of thiocarbonyl (C=S) groups is 1. The van der Waals surface area contributed by atoms with Crippen LogP contribution in [-0.2, 0) is 4.79 Å². The highest BCUT2D eigenvalue weighted by Gasteiger charge is 2.10. The zero-order valence-electron chi connectivity index (χ0n) is 12.8. The first kappa shape index (κ1) is 17.6. The summed E-state index contributed by atoms with van der Waals surface area (Å²) >= 11 is 5.13. The minimum atomic E-state index is -0.707. The summed E-state index contributed by atoms with van der Waals surface area (Å²) in [5.41, 5.74) is 0.911. The quantitative estimate of drug-likeness (QED) is 0.362. The Labute approximate surface area is 145 Å². The van der Waals surface area contributed by atoms with Gasteiger partial charge in [-0.3, -0.25) is 4.79 Å². The molecule has 1 aromatic carbocycles. The van der Waals surface area contributed by atoms with Gasteiger partial charge in [0.2, 0.25) is 5.91 Å². The minimum absolute atomic E-state index is 0.250. The summed E-state index contributed by atoms with van der Waals surface area (Å²) in [4.78, 5) is 16.0. The van der Waals surface area contributed by atoms with E-state index in [1.807, 2.05) is 36.4 Å². The molecule has 0 aliphatic heterocycles. The van der Waals surface area contributed by atoms with Crippen LogP contribution in [-0.4, -0.2) is 33.9 Å². The van der Waals surface area contributed by atoms with E-state index in [1.54, 1.807) is 24.4 Å². The molecule has 1 heterocycles. The molecule has 0 bridgehead atoms. The molecule has 1 aromatic heterocycles. The van der Waals surface area contributed by atoms with Crippen molar-refractivity contribution in [2.24, 2.45) is 0 Å². The Morgan fingerprint density at radius 2 is 1.92 bits per heavy atom. The number of carbonyl (C=O) groups excluding carboxylic acids is 1. The van der Waals surface area contributed by atoms with Gasteiger partial charge < -0.3 is 21.1 Å². The molecule has 0 spiro atoms. The van der Waals surface area contributed by atoms with Gasteiger partial charge in [-0.2, -0.15) is 0 Å². The van der Waals surface area contributed by atoms with Gasteiger partial charge in [0.15, 0.2) is 5.11 Å². The van der Waals surface area contributed by atoms with Gasteiger partial charge in [0.1, 0.15) is 12.0 Å². The fourth-order valence-corrected chi connectivity index (χ4v) is 2.08. The van der Waals surface area contributed by atoms with Gasteiger partial charge >= 0.3 is 0 Å². The molecule has 0 radical (unpaired) electrons. The first-order valence-corrected chi connectivity index (χ1v) is 7.71. The van der Waals surface area contributed by atoms with Gasteiger partial charge in [0.05, 0.1) is 6.61 Å². The molecule has 2 rings (SSSR count). The predicted octanol–water partition coefficient (Wildman–Crippen LogP) is 1.52. The minimum Gasteiger partial charge on any atom is -0.392 e. The Morgan fingerprint density at radius 1 is 1.17 bits per heavy atom. The molecule has 7 heteroatoms. The number of hydrogen-bond donors (Lipinski definition) is 4. The van der Waals surface area contributed by atoms with E-state index in [2.05, 4.69) is 20.9 Å². The van der Waals surface area contributed by atoms with E-state index in [0.29, 0.717) is 5.82 Å². The number of aliphatic hydroxyl groups excluding tert-OH is 1. The maximum atomic E-state index is 11.9. The number of carbonyl (C=O) groups is 1. The number of pyridine rings is 1. The van der Waals surface area contributed by atoms with Crippen LogP contribution in [0, 0.1) is 0 Å². The average molecular weight is 342 g/mol. The van der Waals surface area contributed by atoms with Gasteiger partial charge in [-0.25, -0.2) is 4.98 Å². The first-order valence-electron chi connectivity index (χ1n) is 7.30. The van der Waals surface area contributed by atoms with Crippen molar-refractivity contribution in [2.45, 2.75) is 6.17 Å². The summed E-state index contributed by atoms with van der Waals surface area (Å²) in [5.74, 6) is 0.230. The van der Waals surface area contributed by atoms with Crippen molar-refractivity contribution in [3.8, 4) is 0 Å². The average Bonchev–Trinajstić information content (AvgIpc) is 2.61. The monoisotopic (exact) mass is 342 g/mol. The highest BCUT2D eigenvalue weighted by molar-refractivity contribution is 7.80. The molecule has 0 saturated carbocycles. The molecular weight excluding hydrogens is 324 g/mol. The number of rotatable bonds is 6. The molecule has 1 atom stereocenters. The van der Waals surface area contributed by atoms with E-state index in [1.165, 1.54) is 6.08 Å². The topological polar surface area (TPSA) is 86.3 Å². The van der Waals surface area contributed by atoms with E-state index in [0.717, 1.165) is 5.56 Å². The summed E-state index contributed by atoms with van der Waals surface area (Å²) in [7, 11) is 0. The molecular formula is C17H18N4O2S. The molecule has 0 fully saturated rings. The zero-order chi connectivity index (χ0) is 17.2. The largest absolute Gasteiger partial charge is 0.392 e. The van der Waals surface area contributed by atoms with E-state index < -0.39 is 6.17 Å². The first-order chi connectivity index (χ1) is 11.7. The Balaban J connectivity index is 1.83. The lowest BCUT2D eigenvalue weighted by molar-refractivity contribution is -0.117.